The van der Waals surface area contributed by atoms with E-state index < -0.39 is 0 Å². The third-order valence-corrected chi connectivity index (χ3v) is 2.28. The van der Waals surface area contributed by atoms with Gasteiger partial charge in [0.1, 0.15) is 11.2 Å². The highest BCUT2D eigenvalue weighted by atomic mass is 79.9. The van der Waals surface area contributed by atoms with Crippen molar-refractivity contribution in [2.75, 3.05) is 0 Å². The summed E-state index contributed by atoms with van der Waals surface area (Å²) < 4.78 is 5.65. The molecule has 3 aromatic rings. The third kappa shape index (κ3) is 4.14. The Morgan fingerprint density at radius 2 is 0.889 bits per heavy atom. The zero-order chi connectivity index (χ0) is 8.67. The van der Waals surface area contributed by atoms with Crippen LogP contribution in [0, 0.1) is 0 Å². The molecule has 0 amide bonds. The number of hydrogen-bond donors (Lipinski definition) is 0. The van der Waals surface area contributed by atoms with Crippen molar-refractivity contribution in [3.63, 3.8) is 0 Å². The SMILES string of the molecule is [Br-].[Br-].[Br-].[Cl-].[Cl-].c1ccc2c(c1)oc1ccccc12. The molecule has 6 heteroatoms. The molecule has 0 unspecified atom stereocenters. The van der Waals surface area contributed by atoms with Gasteiger partial charge >= 0.3 is 0 Å². The molecule has 3 rings (SSSR count). The first-order valence-corrected chi connectivity index (χ1v) is 4.31. The normalized spacial score (nSPS) is 8.00. The van der Waals surface area contributed by atoms with Crippen LogP contribution in [0.2, 0.25) is 0 Å². The lowest BCUT2D eigenvalue weighted by Gasteiger charge is -1.85. The quantitative estimate of drug-likeness (QED) is 0.313. The second kappa shape index (κ2) is 10.1. The monoisotopic (exact) mass is 475 g/mol. The van der Waals surface area contributed by atoms with Gasteiger partial charge in [-0.1, -0.05) is 36.4 Å². The molecule has 0 fully saturated rings. The zero-order valence-corrected chi connectivity index (χ0v) is 15.2. The topological polar surface area (TPSA) is 13.1 Å². The molecule has 0 atom stereocenters. The van der Waals surface area contributed by atoms with Crippen LogP contribution in [-0.2, 0) is 0 Å². The van der Waals surface area contributed by atoms with E-state index in [-0.39, 0.29) is 75.8 Å². The standard InChI is InChI=1S/C12H8O.3BrH.2ClH/c1-3-7-11-9(5-1)10-6-2-4-8-12(10)13-11;;;;;/h1-8H;5*1H/p-5. The Balaban J connectivity index is -0.000000450. The van der Waals surface area contributed by atoms with Crippen LogP contribution < -0.4 is 75.8 Å². The van der Waals surface area contributed by atoms with Crippen molar-refractivity contribution in [1.82, 2.24) is 0 Å². The van der Waals surface area contributed by atoms with Crippen molar-refractivity contribution < 1.29 is 80.2 Å². The number of benzene rings is 2. The Morgan fingerprint density at radius 3 is 1.28 bits per heavy atom. The summed E-state index contributed by atoms with van der Waals surface area (Å²) in [5.74, 6) is 0. The summed E-state index contributed by atoms with van der Waals surface area (Å²) in [5.41, 5.74) is 1.92. The van der Waals surface area contributed by atoms with E-state index >= 15 is 0 Å². The van der Waals surface area contributed by atoms with Crippen molar-refractivity contribution in [2.45, 2.75) is 0 Å². The molecule has 18 heavy (non-hydrogen) atoms. The summed E-state index contributed by atoms with van der Waals surface area (Å²) in [6.45, 7) is 0. The Morgan fingerprint density at radius 1 is 0.556 bits per heavy atom. The first kappa shape index (κ1) is 23.4. The van der Waals surface area contributed by atoms with Crippen LogP contribution in [-0.4, -0.2) is 0 Å². The van der Waals surface area contributed by atoms with Crippen LogP contribution in [0.3, 0.4) is 0 Å². The van der Waals surface area contributed by atoms with E-state index in [9.17, 15) is 0 Å². The summed E-state index contributed by atoms with van der Waals surface area (Å²) in [4.78, 5) is 0. The molecule has 1 heterocycles. The van der Waals surface area contributed by atoms with Crippen LogP contribution in [0.15, 0.2) is 52.9 Å². The molecule has 0 bridgehead atoms. The van der Waals surface area contributed by atoms with Gasteiger partial charge in [-0.15, -0.1) is 0 Å². The molecular formula is C12H8Br3Cl2O-5. The van der Waals surface area contributed by atoms with Gasteiger partial charge < -0.3 is 80.2 Å². The molecule has 0 aliphatic heterocycles. The summed E-state index contributed by atoms with van der Waals surface area (Å²) in [6.07, 6.45) is 0. The van der Waals surface area contributed by atoms with Crippen molar-refractivity contribution in [3.05, 3.63) is 48.5 Å². The summed E-state index contributed by atoms with van der Waals surface area (Å²) in [7, 11) is 0. The minimum atomic E-state index is 0. The second-order valence-corrected chi connectivity index (χ2v) is 3.09. The lowest BCUT2D eigenvalue weighted by molar-refractivity contribution is -0.00100. The van der Waals surface area contributed by atoms with Gasteiger partial charge in [-0.25, -0.2) is 0 Å². The van der Waals surface area contributed by atoms with E-state index in [1.54, 1.807) is 0 Å². The average molecular weight is 479 g/mol. The van der Waals surface area contributed by atoms with Crippen LogP contribution in [0.25, 0.3) is 21.9 Å². The maximum absolute atomic E-state index is 5.65. The van der Waals surface area contributed by atoms with Gasteiger partial charge in [0.2, 0.25) is 0 Å². The summed E-state index contributed by atoms with van der Waals surface area (Å²) in [6, 6.07) is 16.2. The minimum Gasteiger partial charge on any atom is -1.00 e. The molecule has 0 saturated heterocycles. The van der Waals surface area contributed by atoms with Gasteiger partial charge in [-0.3, -0.25) is 0 Å². The lowest BCUT2D eigenvalue weighted by atomic mass is 10.2. The van der Waals surface area contributed by atoms with Crippen LogP contribution in [0.4, 0.5) is 0 Å². The number of furan rings is 1. The van der Waals surface area contributed by atoms with E-state index in [1.807, 2.05) is 36.4 Å². The van der Waals surface area contributed by atoms with Crippen LogP contribution in [0.5, 0.6) is 0 Å². The number of fused-ring (bicyclic) bond motifs is 3. The molecule has 1 aromatic heterocycles. The van der Waals surface area contributed by atoms with E-state index in [4.69, 9.17) is 4.42 Å². The molecule has 2 aromatic carbocycles. The molecule has 0 aliphatic carbocycles. The van der Waals surface area contributed by atoms with Crippen molar-refractivity contribution in [2.24, 2.45) is 0 Å². The predicted molar refractivity (Wildman–Crippen MR) is 53.7 cm³/mol. The minimum absolute atomic E-state index is 0. The van der Waals surface area contributed by atoms with Gasteiger partial charge in [-0.05, 0) is 12.1 Å². The highest BCUT2D eigenvalue weighted by Crippen LogP contribution is 2.27. The van der Waals surface area contributed by atoms with Crippen LogP contribution >= 0.6 is 0 Å². The summed E-state index contributed by atoms with van der Waals surface area (Å²) >= 11 is 0. The van der Waals surface area contributed by atoms with Crippen molar-refractivity contribution >= 4 is 21.9 Å². The van der Waals surface area contributed by atoms with Crippen molar-refractivity contribution in [1.29, 1.82) is 0 Å². The molecule has 1 nitrogen and oxygen atoms in total. The third-order valence-electron chi connectivity index (χ3n) is 2.28. The number of halogens is 5. The zero-order valence-electron chi connectivity index (χ0n) is 8.92. The van der Waals surface area contributed by atoms with Crippen molar-refractivity contribution in [3.8, 4) is 0 Å². The first-order valence-electron chi connectivity index (χ1n) is 4.31. The van der Waals surface area contributed by atoms with Gasteiger partial charge in [-0.2, -0.15) is 0 Å². The maximum atomic E-state index is 5.65. The fourth-order valence-electron chi connectivity index (χ4n) is 1.67. The van der Waals surface area contributed by atoms with E-state index in [0.717, 1.165) is 11.2 Å². The summed E-state index contributed by atoms with van der Waals surface area (Å²) in [5, 5.41) is 2.39. The van der Waals surface area contributed by atoms with E-state index in [0.29, 0.717) is 0 Å². The maximum Gasteiger partial charge on any atom is 0.135 e. The Hall–Kier alpha value is 0.260. The van der Waals surface area contributed by atoms with E-state index in [1.165, 1.54) is 10.8 Å². The largest absolute Gasteiger partial charge is 1.00 e. The molecule has 0 radical (unpaired) electrons. The smallest absolute Gasteiger partial charge is 0.135 e. The highest BCUT2D eigenvalue weighted by molar-refractivity contribution is 6.04. The Labute approximate surface area is 149 Å². The van der Waals surface area contributed by atoms with Gasteiger partial charge in [0.15, 0.2) is 0 Å². The molecule has 0 aliphatic rings. The number of para-hydroxylation sites is 2. The number of rotatable bonds is 0. The van der Waals surface area contributed by atoms with Crippen LogP contribution in [0.1, 0.15) is 0 Å². The van der Waals surface area contributed by atoms with E-state index in [2.05, 4.69) is 12.1 Å². The Kier molecular flexibility index (Phi) is 13.1. The fourth-order valence-corrected chi connectivity index (χ4v) is 1.67. The molecule has 102 valence electrons. The molecule has 0 spiro atoms. The average Bonchev–Trinajstić information content (AvgIpc) is 2.56. The molecular weight excluding hydrogens is 471 g/mol. The number of hydrogen-bond acceptors (Lipinski definition) is 1. The Bertz CT molecular complexity index is 533. The highest BCUT2D eigenvalue weighted by Gasteiger charge is 2.03. The lowest BCUT2D eigenvalue weighted by Crippen LogP contribution is -3.00. The van der Waals surface area contributed by atoms with Gasteiger partial charge in [0.05, 0.1) is 0 Å². The fraction of sp³-hybridized carbons (Fsp3) is 0. The van der Waals surface area contributed by atoms with Gasteiger partial charge in [0, 0.05) is 10.8 Å². The predicted octanol–water partition coefficient (Wildman–Crippen LogP) is -11.4. The molecule has 0 N–H and O–H groups in total. The molecule has 0 saturated carbocycles. The van der Waals surface area contributed by atoms with Gasteiger partial charge in [0.25, 0.3) is 0 Å². The second-order valence-electron chi connectivity index (χ2n) is 3.09. The first-order chi connectivity index (χ1) is 6.45.